The summed E-state index contributed by atoms with van der Waals surface area (Å²) in [5.41, 5.74) is 0.672. The van der Waals surface area contributed by atoms with Crippen LogP contribution in [0.2, 0.25) is 0 Å². The van der Waals surface area contributed by atoms with Gasteiger partial charge in [-0.05, 0) is 31.9 Å². The molecule has 0 bridgehead atoms. The molecule has 2 heterocycles. The number of H-pyrrole nitrogens is 1. The van der Waals surface area contributed by atoms with Crippen LogP contribution in [0.15, 0.2) is 29.1 Å². The number of amides is 1. The van der Waals surface area contributed by atoms with Crippen molar-refractivity contribution in [1.29, 1.82) is 0 Å². The highest BCUT2D eigenvalue weighted by molar-refractivity contribution is 5.84. The fourth-order valence-corrected chi connectivity index (χ4v) is 4.31. The Labute approximate surface area is 146 Å². The van der Waals surface area contributed by atoms with Crippen LogP contribution in [0, 0.1) is 5.41 Å². The summed E-state index contributed by atoms with van der Waals surface area (Å²) in [4.78, 5) is 34.4. The van der Waals surface area contributed by atoms with Crippen molar-refractivity contribution in [2.24, 2.45) is 5.41 Å². The van der Waals surface area contributed by atoms with Crippen molar-refractivity contribution in [3.05, 3.63) is 40.4 Å². The van der Waals surface area contributed by atoms with Crippen LogP contribution in [0.5, 0.6) is 0 Å². The highest BCUT2D eigenvalue weighted by atomic mass is 16.2. The van der Waals surface area contributed by atoms with E-state index in [0.29, 0.717) is 29.8 Å². The maximum absolute atomic E-state index is 13.0. The first-order valence-corrected chi connectivity index (χ1v) is 9.13. The lowest BCUT2D eigenvalue weighted by Crippen LogP contribution is -2.67. The molecule has 2 aromatic rings. The molecule has 2 fully saturated rings. The minimum absolute atomic E-state index is 0.0814. The summed E-state index contributed by atoms with van der Waals surface area (Å²) in [6, 6.07) is 7.19. The van der Waals surface area contributed by atoms with Crippen LogP contribution in [-0.4, -0.2) is 39.9 Å². The number of carbonyl (C=O) groups excluding carboxylic acids is 1. The van der Waals surface area contributed by atoms with Gasteiger partial charge in [-0.15, -0.1) is 0 Å². The molecule has 0 radical (unpaired) electrons. The van der Waals surface area contributed by atoms with Gasteiger partial charge in [-0.2, -0.15) is 0 Å². The molecule has 1 aromatic heterocycles. The van der Waals surface area contributed by atoms with Gasteiger partial charge in [0.1, 0.15) is 5.82 Å². The third-order valence-corrected chi connectivity index (χ3v) is 5.81. The van der Waals surface area contributed by atoms with Crippen molar-refractivity contribution in [3.8, 4) is 0 Å². The summed E-state index contributed by atoms with van der Waals surface area (Å²) >= 11 is 0. The lowest BCUT2D eigenvalue weighted by molar-refractivity contribution is -0.142. The van der Waals surface area contributed by atoms with E-state index >= 15 is 0 Å². The van der Waals surface area contributed by atoms with Crippen LogP contribution in [-0.2, 0) is 11.3 Å². The first-order valence-electron chi connectivity index (χ1n) is 9.13. The third kappa shape index (κ3) is 2.74. The molecule has 1 aliphatic carbocycles. The molecule has 1 unspecified atom stereocenters. The van der Waals surface area contributed by atoms with Crippen LogP contribution >= 0.6 is 0 Å². The third-order valence-electron chi connectivity index (χ3n) is 5.81. The van der Waals surface area contributed by atoms with E-state index in [9.17, 15) is 9.59 Å². The number of likely N-dealkylation sites (N-methyl/N-ethyl adjacent to an activating group) is 1. The van der Waals surface area contributed by atoms with E-state index < -0.39 is 0 Å². The fourth-order valence-electron chi connectivity index (χ4n) is 4.31. The lowest BCUT2D eigenvalue weighted by Gasteiger charge is -2.48. The average molecular weight is 340 g/mol. The smallest absolute Gasteiger partial charge is 0.258 e. The zero-order chi connectivity index (χ0) is 17.4. The van der Waals surface area contributed by atoms with Gasteiger partial charge in [0, 0.05) is 18.5 Å². The Morgan fingerprint density at radius 1 is 1.32 bits per heavy atom. The van der Waals surface area contributed by atoms with Gasteiger partial charge in [0.2, 0.25) is 5.91 Å². The molecule has 1 saturated carbocycles. The van der Waals surface area contributed by atoms with Gasteiger partial charge in [0.15, 0.2) is 0 Å². The van der Waals surface area contributed by atoms with E-state index in [4.69, 9.17) is 0 Å². The van der Waals surface area contributed by atoms with Gasteiger partial charge in [0.25, 0.3) is 5.56 Å². The second-order valence-corrected chi connectivity index (χ2v) is 7.27. The summed E-state index contributed by atoms with van der Waals surface area (Å²) in [5, 5.41) is 3.91. The average Bonchev–Trinajstić information content (AvgIpc) is 3.11. The van der Waals surface area contributed by atoms with Crippen LogP contribution in [0.3, 0.4) is 0 Å². The van der Waals surface area contributed by atoms with Gasteiger partial charge in [-0.1, -0.05) is 25.0 Å². The molecule has 2 N–H and O–H groups in total. The number of rotatable bonds is 4. The summed E-state index contributed by atoms with van der Waals surface area (Å²) in [6.45, 7) is 3.86. The van der Waals surface area contributed by atoms with E-state index in [-0.39, 0.29) is 22.9 Å². The number of aromatic amines is 1. The molecule has 6 nitrogen and oxygen atoms in total. The van der Waals surface area contributed by atoms with E-state index in [0.717, 1.165) is 19.4 Å². The van der Waals surface area contributed by atoms with Gasteiger partial charge in [-0.3, -0.25) is 9.59 Å². The predicted octanol–water partition coefficient (Wildman–Crippen LogP) is 1.80. The van der Waals surface area contributed by atoms with Crippen LogP contribution < -0.4 is 10.9 Å². The molecular weight excluding hydrogens is 316 g/mol. The number of hydrogen-bond acceptors (Lipinski definition) is 4. The Kier molecular flexibility index (Phi) is 4.07. The predicted molar refractivity (Wildman–Crippen MR) is 96.1 cm³/mol. The Balaban J connectivity index is 1.56. The SMILES string of the molecule is CCN(Cc1nc2ccccc2c(=O)[nH]1)C(=O)C1NCC12CCCC2. The Bertz CT molecular complexity index is 854. The number of hydrogen-bond donors (Lipinski definition) is 2. The van der Waals surface area contributed by atoms with Crippen molar-refractivity contribution >= 4 is 16.8 Å². The largest absolute Gasteiger partial charge is 0.334 e. The Hall–Kier alpha value is -2.21. The zero-order valence-corrected chi connectivity index (χ0v) is 14.5. The quantitative estimate of drug-likeness (QED) is 0.890. The summed E-state index contributed by atoms with van der Waals surface area (Å²) in [7, 11) is 0. The molecule has 25 heavy (non-hydrogen) atoms. The van der Waals surface area contributed by atoms with Crippen molar-refractivity contribution in [2.75, 3.05) is 13.1 Å². The topological polar surface area (TPSA) is 78.1 Å². The van der Waals surface area contributed by atoms with E-state index in [1.54, 1.807) is 11.0 Å². The minimum atomic E-state index is -0.155. The molecule has 1 saturated heterocycles. The van der Waals surface area contributed by atoms with Gasteiger partial charge in [0.05, 0.1) is 23.5 Å². The first-order chi connectivity index (χ1) is 12.1. The number of carbonyl (C=O) groups is 1. The summed E-state index contributed by atoms with van der Waals surface area (Å²) in [6.07, 6.45) is 4.71. The number of nitrogens with zero attached hydrogens (tertiary/aromatic N) is 2. The molecule has 2 aliphatic rings. The normalized spacial score (nSPS) is 21.4. The van der Waals surface area contributed by atoms with E-state index in [2.05, 4.69) is 15.3 Å². The zero-order valence-electron chi connectivity index (χ0n) is 14.5. The summed E-state index contributed by atoms with van der Waals surface area (Å²) in [5.74, 6) is 0.671. The standard InChI is InChI=1S/C19H24N4O2/c1-2-23(18(25)16-19(12-20-16)9-5-6-10-19)11-15-21-14-8-4-3-7-13(14)17(24)22-15/h3-4,7-8,16,20H,2,5-6,9-12H2,1H3,(H,21,22,24). The second-order valence-electron chi connectivity index (χ2n) is 7.27. The molecule has 1 amide bonds. The highest BCUT2D eigenvalue weighted by Gasteiger charge is 2.52. The van der Waals surface area contributed by atoms with Crippen molar-refractivity contribution in [1.82, 2.24) is 20.2 Å². The van der Waals surface area contributed by atoms with Crippen molar-refractivity contribution in [2.45, 2.75) is 45.2 Å². The minimum Gasteiger partial charge on any atom is -0.334 e. The number of benzene rings is 1. The number of nitrogens with one attached hydrogen (secondary N) is 2. The molecule has 1 aromatic carbocycles. The van der Waals surface area contributed by atoms with Crippen LogP contribution in [0.25, 0.3) is 10.9 Å². The van der Waals surface area contributed by atoms with Gasteiger partial charge >= 0.3 is 0 Å². The number of fused-ring (bicyclic) bond motifs is 1. The number of para-hydroxylation sites is 1. The molecule has 132 valence electrons. The van der Waals surface area contributed by atoms with Gasteiger partial charge in [-0.25, -0.2) is 4.98 Å². The highest BCUT2D eigenvalue weighted by Crippen LogP contribution is 2.46. The molecular formula is C19H24N4O2. The first kappa shape index (κ1) is 16.3. The van der Waals surface area contributed by atoms with Crippen molar-refractivity contribution in [3.63, 3.8) is 0 Å². The molecule has 1 aliphatic heterocycles. The van der Waals surface area contributed by atoms with Gasteiger partial charge < -0.3 is 15.2 Å². The Morgan fingerprint density at radius 3 is 2.76 bits per heavy atom. The van der Waals surface area contributed by atoms with E-state index in [1.165, 1.54) is 12.8 Å². The molecule has 6 heteroatoms. The lowest BCUT2D eigenvalue weighted by atomic mass is 9.71. The molecule has 1 spiro atoms. The molecule has 4 rings (SSSR count). The Morgan fingerprint density at radius 2 is 2.08 bits per heavy atom. The second kappa shape index (κ2) is 6.26. The number of aromatic nitrogens is 2. The van der Waals surface area contributed by atoms with Crippen molar-refractivity contribution < 1.29 is 4.79 Å². The summed E-state index contributed by atoms with van der Waals surface area (Å²) < 4.78 is 0. The van der Waals surface area contributed by atoms with Crippen LogP contribution in [0.1, 0.15) is 38.4 Å². The van der Waals surface area contributed by atoms with E-state index in [1.807, 2.05) is 25.1 Å². The fraction of sp³-hybridized carbons (Fsp3) is 0.526. The van der Waals surface area contributed by atoms with Crippen LogP contribution in [0.4, 0.5) is 0 Å². The molecule has 1 atom stereocenters. The maximum Gasteiger partial charge on any atom is 0.258 e. The monoisotopic (exact) mass is 340 g/mol. The maximum atomic E-state index is 13.0.